The van der Waals surface area contributed by atoms with Crippen molar-refractivity contribution in [2.75, 3.05) is 18.1 Å². The summed E-state index contributed by atoms with van der Waals surface area (Å²) < 4.78 is 13.1. The second-order valence-electron chi connectivity index (χ2n) is 4.30. The number of rotatable bonds is 2. The van der Waals surface area contributed by atoms with Crippen molar-refractivity contribution >= 4 is 23.2 Å². The number of benzene rings is 1. The van der Waals surface area contributed by atoms with Crippen LogP contribution in [0.1, 0.15) is 12.8 Å². The maximum Gasteiger partial charge on any atom is 0.251 e. The first-order valence-corrected chi connectivity index (χ1v) is 5.60. The van der Waals surface area contributed by atoms with Crippen LogP contribution in [0.25, 0.3) is 0 Å². The van der Waals surface area contributed by atoms with Crippen LogP contribution >= 0.6 is 0 Å². The Hall–Kier alpha value is -2.11. The summed E-state index contributed by atoms with van der Waals surface area (Å²) in [6.45, 7) is 0. The Labute approximate surface area is 104 Å². The Morgan fingerprint density at radius 2 is 2.11 bits per heavy atom. The largest absolute Gasteiger partial charge is 0.399 e. The molecule has 0 aliphatic carbocycles. The lowest BCUT2D eigenvalue weighted by atomic mass is 10.0. The van der Waals surface area contributed by atoms with E-state index >= 15 is 0 Å². The Morgan fingerprint density at radius 3 is 2.78 bits per heavy atom. The van der Waals surface area contributed by atoms with Gasteiger partial charge in [0.15, 0.2) is 0 Å². The zero-order valence-electron chi connectivity index (χ0n) is 9.94. The first kappa shape index (κ1) is 12.3. The minimum atomic E-state index is -0.520. The highest BCUT2D eigenvalue weighted by molar-refractivity contribution is 6.01. The van der Waals surface area contributed by atoms with Crippen molar-refractivity contribution in [1.29, 1.82) is 0 Å². The highest BCUT2D eigenvalue weighted by atomic mass is 19.1. The van der Waals surface area contributed by atoms with Gasteiger partial charge in [-0.15, -0.1) is 0 Å². The maximum atomic E-state index is 13.1. The molecule has 0 spiro atoms. The van der Waals surface area contributed by atoms with Gasteiger partial charge in [0.25, 0.3) is 5.91 Å². The molecule has 0 aromatic heterocycles. The van der Waals surface area contributed by atoms with E-state index in [-0.39, 0.29) is 17.5 Å². The third kappa shape index (κ3) is 2.42. The van der Waals surface area contributed by atoms with E-state index in [2.05, 4.69) is 5.32 Å². The summed E-state index contributed by atoms with van der Waals surface area (Å²) >= 11 is 0. The number of hydrogen-bond donors (Lipinski definition) is 2. The van der Waals surface area contributed by atoms with E-state index in [9.17, 15) is 14.0 Å². The number of carbonyl (C=O) groups is 2. The van der Waals surface area contributed by atoms with Crippen molar-refractivity contribution in [3.05, 3.63) is 24.0 Å². The summed E-state index contributed by atoms with van der Waals surface area (Å²) in [7, 11) is 1.44. The van der Waals surface area contributed by atoms with E-state index in [1.54, 1.807) is 6.07 Å². The van der Waals surface area contributed by atoms with E-state index in [0.29, 0.717) is 18.5 Å². The van der Waals surface area contributed by atoms with Crippen LogP contribution in [-0.2, 0) is 9.59 Å². The lowest BCUT2D eigenvalue weighted by Crippen LogP contribution is -2.48. The number of likely N-dealkylation sites (N-methyl/N-ethyl adjacent to an activating group) is 1. The van der Waals surface area contributed by atoms with Crippen LogP contribution in [0, 0.1) is 5.82 Å². The van der Waals surface area contributed by atoms with Crippen LogP contribution in [-0.4, -0.2) is 29.8 Å². The summed E-state index contributed by atoms with van der Waals surface area (Å²) in [6.07, 6.45) is 0.698. The van der Waals surface area contributed by atoms with Crippen molar-refractivity contribution in [3.63, 3.8) is 0 Å². The molecule has 5 nitrogen and oxygen atoms in total. The number of carbonyl (C=O) groups excluding carboxylic acids is 2. The number of nitrogen functional groups attached to an aromatic ring is 1. The van der Waals surface area contributed by atoms with Crippen molar-refractivity contribution in [3.8, 4) is 0 Å². The van der Waals surface area contributed by atoms with E-state index in [4.69, 9.17) is 5.73 Å². The number of hydrogen-bond acceptors (Lipinski definition) is 4. The lowest BCUT2D eigenvalue weighted by molar-refractivity contribution is -0.146. The molecule has 1 aliphatic heterocycles. The maximum absolute atomic E-state index is 13.1. The normalized spacial score (nSPS) is 20.1. The average molecular weight is 251 g/mol. The molecule has 18 heavy (non-hydrogen) atoms. The van der Waals surface area contributed by atoms with Crippen LogP contribution < -0.4 is 11.1 Å². The molecule has 2 amide bonds. The SMILES string of the molecule is CN1C(=O)CCC(Nc2cc(N)cc(F)c2)C1=O. The van der Waals surface area contributed by atoms with Crippen molar-refractivity contribution in [2.45, 2.75) is 18.9 Å². The monoisotopic (exact) mass is 251 g/mol. The summed E-state index contributed by atoms with van der Waals surface area (Å²) in [5, 5.41) is 2.90. The fourth-order valence-electron chi connectivity index (χ4n) is 1.95. The zero-order chi connectivity index (χ0) is 13.3. The third-order valence-electron chi connectivity index (χ3n) is 2.91. The Bertz CT molecular complexity index is 484. The molecule has 1 fully saturated rings. The van der Waals surface area contributed by atoms with Crippen molar-refractivity contribution in [2.24, 2.45) is 0 Å². The average Bonchev–Trinajstić information content (AvgIpc) is 2.29. The Kier molecular flexibility index (Phi) is 3.18. The van der Waals surface area contributed by atoms with E-state index < -0.39 is 11.9 Å². The molecule has 0 saturated carbocycles. The molecule has 0 radical (unpaired) electrons. The number of nitrogens with zero attached hydrogens (tertiary/aromatic N) is 1. The third-order valence-corrected chi connectivity index (χ3v) is 2.91. The van der Waals surface area contributed by atoms with Gasteiger partial charge < -0.3 is 11.1 Å². The lowest BCUT2D eigenvalue weighted by Gasteiger charge is -2.28. The van der Waals surface area contributed by atoms with Crippen LogP contribution in [0.4, 0.5) is 15.8 Å². The standard InChI is InChI=1S/C12H14FN3O2/c1-16-11(17)3-2-10(12(16)18)15-9-5-7(13)4-8(14)6-9/h4-6,10,15H,2-3,14H2,1H3. The molecule has 1 saturated heterocycles. The Morgan fingerprint density at radius 1 is 1.39 bits per heavy atom. The number of halogens is 1. The molecule has 0 bridgehead atoms. The smallest absolute Gasteiger partial charge is 0.251 e. The molecule has 1 atom stereocenters. The van der Waals surface area contributed by atoms with Crippen molar-refractivity contribution < 1.29 is 14.0 Å². The van der Waals surface area contributed by atoms with Crippen molar-refractivity contribution in [1.82, 2.24) is 4.90 Å². The molecule has 1 aromatic carbocycles. The van der Waals surface area contributed by atoms with Gasteiger partial charge in [-0.05, 0) is 24.6 Å². The Balaban J connectivity index is 2.14. The van der Waals surface area contributed by atoms with Gasteiger partial charge in [-0.3, -0.25) is 14.5 Å². The number of amides is 2. The predicted molar refractivity (Wildman–Crippen MR) is 65.2 cm³/mol. The number of imide groups is 1. The summed E-state index contributed by atoms with van der Waals surface area (Å²) in [5.74, 6) is -0.976. The summed E-state index contributed by atoms with van der Waals surface area (Å²) in [6, 6.07) is 3.49. The number of anilines is 2. The minimum Gasteiger partial charge on any atom is -0.399 e. The molecule has 1 aliphatic rings. The van der Waals surface area contributed by atoms with Gasteiger partial charge in [-0.2, -0.15) is 0 Å². The van der Waals surface area contributed by atoms with Gasteiger partial charge in [0, 0.05) is 24.8 Å². The topological polar surface area (TPSA) is 75.4 Å². The van der Waals surface area contributed by atoms with Gasteiger partial charge in [0.1, 0.15) is 11.9 Å². The molecule has 96 valence electrons. The number of piperidine rings is 1. The molecule has 1 heterocycles. The molecule has 2 rings (SSSR count). The van der Waals surface area contributed by atoms with Crippen LogP contribution in [0.2, 0.25) is 0 Å². The van der Waals surface area contributed by atoms with E-state index in [0.717, 1.165) is 4.90 Å². The molecular weight excluding hydrogens is 237 g/mol. The van der Waals surface area contributed by atoms with Crippen LogP contribution in [0.15, 0.2) is 18.2 Å². The predicted octanol–water partition coefficient (Wildman–Crippen LogP) is 0.967. The molecular formula is C12H14FN3O2. The quantitative estimate of drug-likeness (QED) is 0.606. The number of nitrogens with one attached hydrogen (secondary N) is 1. The highest BCUT2D eigenvalue weighted by Crippen LogP contribution is 2.20. The second kappa shape index (κ2) is 4.64. The van der Waals surface area contributed by atoms with Gasteiger partial charge >= 0.3 is 0 Å². The highest BCUT2D eigenvalue weighted by Gasteiger charge is 2.31. The number of nitrogens with two attached hydrogens (primary N) is 1. The zero-order valence-corrected chi connectivity index (χ0v) is 9.94. The molecule has 3 N–H and O–H groups in total. The first-order valence-electron chi connectivity index (χ1n) is 5.60. The molecule has 1 aromatic rings. The van der Waals surface area contributed by atoms with E-state index in [1.165, 1.54) is 19.2 Å². The first-order chi connectivity index (χ1) is 8.47. The van der Waals surface area contributed by atoms with Crippen LogP contribution in [0.3, 0.4) is 0 Å². The molecule has 6 heteroatoms. The summed E-state index contributed by atoms with van der Waals surface area (Å²) in [4.78, 5) is 24.2. The van der Waals surface area contributed by atoms with Gasteiger partial charge in [0.2, 0.25) is 5.91 Å². The minimum absolute atomic E-state index is 0.197. The fourth-order valence-corrected chi connectivity index (χ4v) is 1.95. The van der Waals surface area contributed by atoms with Crippen LogP contribution in [0.5, 0.6) is 0 Å². The molecule has 1 unspecified atom stereocenters. The fraction of sp³-hybridized carbons (Fsp3) is 0.333. The second-order valence-corrected chi connectivity index (χ2v) is 4.30. The van der Waals surface area contributed by atoms with Gasteiger partial charge in [-0.25, -0.2) is 4.39 Å². The van der Waals surface area contributed by atoms with Gasteiger partial charge in [0.05, 0.1) is 0 Å². The van der Waals surface area contributed by atoms with E-state index in [1.807, 2.05) is 0 Å². The van der Waals surface area contributed by atoms with Gasteiger partial charge in [-0.1, -0.05) is 0 Å². The number of likely N-dealkylation sites (tertiary alicyclic amines) is 1. The summed E-state index contributed by atoms with van der Waals surface area (Å²) in [5.41, 5.74) is 6.24.